The van der Waals surface area contributed by atoms with Crippen molar-refractivity contribution in [2.75, 3.05) is 26.7 Å². The van der Waals surface area contributed by atoms with Gasteiger partial charge in [0, 0.05) is 39.1 Å². The average molecular weight is 500 g/mol. The third kappa shape index (κ3) is 4.73. The molecule has 0 aliphatic carbocycles. The Morgan fingerprint density at radius 1 is 1.39 bits per heavy atom. The van der Waals surface area contributed by atoms with Crippen molar-refractivity contribution in [3.63, 3.8) is 0 Å². The lowest BCUT2D eigenvalue weighted by molar-refractivity contribution is -0.125. The van der Waals surface area contributed by atoms with Crippen LogP contribution in [0.4, 0.5) is 4.79 Å². The van der Waals surface area contributed by atoms with Crippen molar-refractivity contribution in [2.24, 2.45) is 10.9 Å². The molecule has 3 heterocycles. The Labute approximate surface area is 183 Å². The molecule has 1 atom stereocenters. The summed E-state index contributed by atoms with van der Waals surface area (Å²) >= 11 is 0. The van der Waals surface area contributed by atoms with E-state index in [-0.39, 0.29) is 35.8 Å². The predicted molar refractivity (Wildman–Crippen MR) is 119 cm³/mol. The Morgan fingerprint density at radius 2 is 2.11 bits per heavy atom. The molecular weight excluding hydrogens is 471 g/mol. The van der Waals surface area contributed by atoms with Crippen LogP contribution in [0.3, 0.4) is 0 Å². The number of piperidine rings is 1. The van der Waals surface area contributed by atoms with Gasteiger partial charge in [0.1, 0.15) is 5.54 Å². The molecule has 2 fully saturated rings. The molecule has 1 aromatic heterocycles. The summed E-state index contributed by atoms with van der Waals surface area (Å²) in [4.78, 5) is 34.4. The molecule has 3 N–H and O–H groups in total. The minimum Gasteiger partial charge on any atom is -0.356 e. The Morgan fingerprint density at radius 3 is 2.68 bits per heavy atom. The van der Waals surface area contributed by atoms with E-state index >= 15 is 0 Å². The van der Waals surface area contributed by atoms with Crippen LogP contribution in [-0.2, 0) is 11.2 Å². The van der Waals surface area contributed by atoms with Crippen LogP contribution in [0.15, 0.2) is 23.5 Å². The van der Waals surface area contributed by atoms with Gasteiger partial charge in [-0.1, -0.05) is 0 Å². The lowest BCUT2D eigenvalue weighted by atomic mass is 9.79. The number of amides is 3. The lowest BCUT2D eigenvalue weighted by Gasteiger charge is -2.39. The summed E-state index contributed by atoms with van der Waals surface area (Å²) in [5.41, 5.74) is 1.67. The maximum atomic E-state index is 12.1. The monoisotopic (exact) mass is 500 g/mol. The van der Waals surface area contributed by atoms with Crippen LogP contribution in [-0.4, -0.2) is 60.0 Å². The number of likely N-dealkylation sites (tertiary alicyclic amines) is 1. The highest BCUT2D eigenvalue weighted by molar-refractivity contribution is 14.0. The molecule has 0 radical (unpaired) electrons. The van der Waals surface area contributed by atoms with Gasteiger partial charge in [0.2, 0.25) is 0 Å². The normalized spacial score (nSPS) is 23.1. The fourth-order valence-corrected chi connectivity index (χ4v) is 3.94. The molecule has 1 aromatic rings. The first kappa shape index (κ1) is 22.4. The number of hydrogen-bond acceptors (Lipinski definition) is 4. The molecule has 2 saturated heterocycles. The fraction of sp³-hybridized carbons (Fsp3) is 0.579. The number of nitrogens with one attached hydrogen (secondary N) is 3. The smallest absolute Gasteiger partial charge is 0.322 e. The predicted octanol–water partition coefficient (Wildman–Crippen LogP) is 1.44. The first-order chi connectivity index (χ1) is 12.9. The molecule has 2 aliphatic rings. The number of hydrogen-bond donors (Lipinski definition) is 3. The molecule has 3 rings (SSSR count). The Balaban J connectivity index is 0.00000280. The van der Waals surface area contributed by atoms with E-state index in [2.05, 4.69) is 37.8 Å². The van der Waals surface area contributed by atoms with Gasteiger partial charge in [-0.15, -0.1) is 24.0 Å². The molecule has 2 aliphatic heterocycles. The highest BCUT2D eigenvalue weighted by atomic mass is 127. The van der Waals surface area contributed by atoms with Crippen molar-refractivity contribution >= 4 is 41.9 Å². The number of aromatic nitrogens is 1. The van der Waals surface area contributed by atoms with Crippen LogP contribution < -0.4 is 16.0 Å². The summed E-state index contributed by atoms with van der Waals surface area (Å²) in [7, 11) is 1.79. The number of halogens is 1. The zero-order valence-corrected chi connectivity index (χ0v) is 18.9. The van der Waals surface area contributed by atoms with E-state index in [9.17, 15) is 9.59 Å². The summed E-state index contributed by atoms with van der Waals surface area (Å²) in [6.45, 7) is 6.29. The average Bonchev–Trinajstić information content (AvgIpc) is 2.93. The van der Waals surface area contributed by atoms with Crippen LogP contribution in [0.25, 0.3) is 0 Å². The number of rotatable bonds is 4. The maximum Gasteiger partial charge on any atom is 0.322 e. The van der Waals surface area contributed by atoms with E-state index in [0.717, 1.165) is 44.9 Å². The number of urea groups is 1. The third-order valence-electron chi connectivity index (χ3n) is 5.71. The summed E-state index contributed by atoms with van der Waals surface area (Å²) < 4.78 is 0. The number of imide groups is 1. The van der Waals surface area contributed by atoms with Crippen molar-refractivity contribution in [2.45, 2.75) is 38.6 Å². The largest absolute Gasteiger partial charge is 0.356 e. The van der Waals surface area contributed by atoms with Gasteiger partial charge in [0.25, 0.3) is 5.91 Å². The van der Waals surface area contributed by atoms with Crippen molar-refractivity contribution in [1.29, 1.82) is 0 Å². The summed E-state index contributed by atoms with van der Waals surface area (Å²) in [6, 6.07) is 1.65. The molecule has 0 bridgehead atoms. The number of guanidine groups is 1. The van der Waals surface area contributed by atoms with Crippen molar-refractivity contribution in [3.05, 3.63) is 29.6 Å². The quantitative estimate of drug-likeness (QED) is 0.252. The first-order valence-corrected chi connectivity index (χ1v) is 9.42. The summed E-state index contributed by atoms with van der Waals surface area (Å²) in [5, 5.41) is 8.58. The van der Waals surface area contributed by atoms with Crippen molar-refractivity contribution in [3.8, 4) is 0 Å². The molecule has 0 aromatic carbocycles. The number of carbonyl (C=O) groups excluding carboxylic acids is 2. The second-order valence-corrected chi connectivity index (χ2v) is 7.40. The minimum absolute atomic E-state index is 0. The number of nitrogens with zero attached hydrogens (tertiary/aromatic N) is 3. The molecule has 9 heteroatoms. The second kappa shape index (κ2) is 9.53. The van der Waals surface area contributed by atoms with Crippen LogP contribution in [0.2, 0.25) is 0 Å². The molecule has 0 spiro atoms. The van der Waals surface area contributed by atoms with Gasteiger partial charge in [-0.05, 0) is 56.2 Å². The SMILES string of the molecule is CN=C(NCCc1ccncc1C)N1CCC(C2(C)NC(=O)NC2=O)CC1.I. The Hall–Kier alpha value is -1.91. The van der Waals surface area contributed by atoms with Gasteiger partial charge in [-0.3, -0.25) is 20.1 Å². The van der Waals surface area contributed by atoms with E-state index in [1.807, 2.05) is 25.4 Å². The molecule has 28 heavy (non-hydrogen) atoms. The number of pyridine rings is 1. The topological polar surface area (TPSA) is 98.7 Å². The number of carbonyl (C=O) groups is 2. The van der Waals surface area contributed by atoms with Crippen LogP contribution in [0.5, 0.6) is 0 Å². The van der Waals surface area contributed by atoms with Gasteiger partial charge < -0.3 is 15.5 Å². The molecule has 154 valence electrons. The van der Waals surface area contributed by atoms with E-state index in [4.69, 9.17) is 0 Å². The van der Waals surface area contributed by atoms with Crippen molar-refractivity contribution in [1.82, 2.24) is 25.8 Å². The first-order valence-electron chi connectivity index (χ1n) is 9.42. The standard InChI is InChI=1S/C19H28N6O2.HI/c1-13-12-21-8-4-14(13)5-9-22-17(20-3)25-10-6-15(7-11-25)19(2)16(26)23-18(27)24-19;/h4,8,12,15H,5-7,9-11H2,1-3H3,(H,20,22)(H2,23,24,26,27);1H. The van der Waals surface area contributed by atoms with Gasteiger partial charge in [0.05, 0.1) is 0 Å². The zero-order valence-electron chi connectivity index (χ0n) is 16.6. The summed E-state index contributed by atoms with van der Waals surface area (Å²) in [6.07, 6.45) is 6.27. The molecule has 1 unspecified atom stereocenters. The Bertz CT molecular complexity index is 748. The maximum absolute atomic E-state index is 12.1. The van der Waals surface area contributed by atoms with E-state index < -0.39 is 11.6 Å². The van der Waals surface area contributed by atoms with Gasteiger partial charge >= 0.3 is 6.03 Å². The zero-order chi connectivity index (χ0) is 19.4. The fourth-order valence-electron chi connectivity index (χ4n) is 3.94. The molecule has 0 saturated carbocycles. The number of aryl methyl sites for hydroxylation is 1. The third-order valence-corrected chi connectivity index (χ3v) is 5.71. The Kier molecular flexibility index (Phi) is 7.62. The second-order valence-electron chi connectivity index (χ2n) is 7.40. The van der Waals surface area contributed by atoms with Gasteiger partial charge in [0.15, 0.2) is 5.96 Å². The van der Waals surface area contributed by atoms with Crippen molar-refractivity contribution < 1.29 is 9.59 Å². The highest BCUT2D eigenvalue weighted by Crippen LogP contribution is 2.30. The van der Waals surface area contributed by atoms with Crippen LogP contribution in [0, 0.1) is 12.8 Å². The van der Waals surface area contributed by atoms with E-state index in [0.29, 0.717) is 0 Å². The van der Waals surface area contributed by atoms with E-state index in [1.165, 1.54) is 11.1 Å². The highest BCUT2D eigenvalue weighted by Gasteiger charge is 2.48. The van der Waals surface area contributed by atoms with E-state index in [1.54, 1.807) is 7.05 Å². The molecule has 8 nitrogen and oxygen atoms in total. The lowest BCUT2D eigenvalue weighted by Crippen LogP contribution is -2.55. The van der Waals surface area contributed by atoms with Gasteiger partial charge in [-0.2, -0.15) is 0 Å². The molecular formula is C19H29IN6O2. The van der Waals surface area contributed by atoms with Crippen LogP contribution in [0.1, 0.15) is 30.9 Å². The summed E-state index contributed by atoms with van der Waals surface area (Å²) in [5.74, 6) is 0.782. The van der Waals surface area contributed by atoms with Gasteiger partial charge in [-0.25, -0.2) is 4.79 Å². The molecule has 3 amide bonds. The number of aliphatic imine (C=N–C) groups is 1. The minimum atomic E-state index is -0.807. The van der Waals surface area contributed by atoms with Crippen LogP contribution >= 0.6 is 24.0 Å².